The SMILES string of the molecule is NCCCn1c2ccc(C3=CCCCC3)cc2c2cc(C3=CCNCC3)ccc21. The molecule has 3 aromatic rings. The van der Waals surface area contributed by atoms with Crippen LogP contribution < -0.4 is 11.1 Å². The number of benzene rings is 2. The van der Waals surface area contributed by atoms with E-state index < -0.39 is 0 Å². The number of nitrogens with two attached hydrogens (primary N) is 1. The van der Waals surface area contributed by atoms with Crippen molar-refractivity contribution in [1.29, 1.82) is 0 Å². The Labute approximate surface area is 173 Å². The van der Waals surface area contributed by atoms with Crippen LogP contribution in [-0.2, 0) is 6.54 Å². The van der Waals surface area contributed by atoms with Gasteiger partial charge in [0.15, 0.2) is 0 Å². The standard InChI is InChI=1S/C26H31N3/c27-13-4-16-29-25-9-7-21(19-5-2-1-3-6-19)17-23(25)24-18-22(8-10-26(24)29)20-11-14-28-15-12-20/h5,7-11,17-18,28H,1-4,6,12-16,27H2. The molecule has 1 aromatic heterocycles. The van der Waals surface area contributed by atoms with Gasteiger partial charge in [-0.1, -0.05) is 24.3 Å². The summed E-state index contributed by atoms with van der Waals surface area (Å²) in [5.41, 5.74) is 14.3. The molecular formula is C26H31N3. The first-order valence-corrected chi connectivity index (χ1v) is 11.2. The average Bonchev–Trinajstić information content (AvgIpc) is 3.11. The predicted molar refractivity (Wildman–Crippen MR) is 125 cm³/mol. The predicted octanol–water partition coefficient (Wildman–Crippen LogP) is 5.48. The van der Waals surface area contributed by atoms with E-state index in [9.17, 15) is 0 Å². The normalized spacial score (nSPS) is 17.6. The van der Waals surface area contributed by atoms with E-state index in [2.05, 4.69) is 58.4 Å². The maximum absolute atomic E-state index is 5.84. The first-order chi connectivity index (χ1) is 14.3. The molecule has 0 saturated carbocycles. The van der Waals surface area contributed by atoms with Crippen molar-refractivity contribution < 1.29 is 0 Å². The number of allylic oxidation sites excluding steroid dienone is 2. The largest absolute Gasteiger partial charge is 0.340 e. The van der Waals surface area contributed by atoms with Gasteiger partial charge in [0.25, 0.3) is 0 Å². The molecule has 0 unspecified atom stereocenters. The van der Waals surface area contributed by atoms with Gasteiger partial charge in [-0.2, -0.15) is 0 Å². The molecule has 2 aliphatic rings. The van der Waals surface area contributed by atoms with Gasteiger partial charge >= 0.3 is 0 Å². The minimum absolute atomic E-state index is 0.726. The van der Waals surface area contributed by atoms with Gasteiger partial charge in [-0.25, -0.2) is 0 Å². The van der Waals surface area contributed by atoms with Crippen molar-refractivity contribution in [1.82, 2.24) is 9.88 Å². The first kappa shape index (κ1) is 18.7. The maximum Gasteiger partial charge on any atom is 0.0491 e. The van der Waals surface area contributed by atoms with Gasteiger partial charge in [0, 0.05) is 34.9 Å². The lowest BCUT2D eigenvalue weighted by Crippen LogP contribution is -2.19. The third-order valence-electron chi connectivity index (χ3n) is 6.55. The molecule has 0 atom stereocenters. The second kappa shape index (κ2) is 8.17. The third kappa shape index (κ3) is 3.54. The molecule has 1 aliphatic heterocycles. The third-order valence-corrected chi connectivity index (χ3v) is 6.55. The Bertz CT molecular complexity index is 1020. The summed E-state index contributed by atoms with van der Waals surface area (Å²) >= 11 is 0. The van der Waals surface area contributed by atoms with Crippen molar-refractivity contribution >= 4 is 33.0 Å². The number of aryl methyl sites for hydroxylation is 1. The lowest BCUT2D eigenvalue weighted by Gasteiger charge is -2.14. The van der Waals surface area contributed by atoms with Gasteiger partial charge in [0.2, 0.25) is 0 Å². The number of hydrogen-bond donors (Lipinski definition) is 2. The highest BCUT2D eigenvalue weighted by molar-refractivity contribution is 6.09. The minimum Gasteiger partial charge on any atom is -0.340 e. The quantitative estimate of drug-likeness (QED) is 0.611. The second-order valence-corrected chi connectivity index (χ2v) is 8.42. The van der Waals surface area contributed by atoms with Crippen LogP contribution in [0.3, 0.4) is 0 Å². The molecule has 0 bridgehead atoms. The van der Waals surface area contributed by atoms with Crippen LogP contribution in [0.5, 0.6) is 0 Å². The number of aromatic nitrogens is 1. The molecule has 0 amide bonds. The number of fused-ring (bicyclic) bond motifs is 3. The van der Waals surface area contributed by atoms with Crippen molar-refractivity contribution in [3.8, 4) is 0 Å². The van der Waals surface area contributed by atoms with E-state index in [4.69, 9.17) is 5.73 Å². The van der Waals surface area contributed by atoms with E-state index in [1.54, 1.807) is 0 Å². The smallest absolute Gasteiger partial charge is 0.0491 e. The summed E-state index contributed by atoms with van der Waals surface area (Å²) in [6, 6.07) is 14.2. The fraction of sp³-hybridized carbons (Fsp3) is 0.385. The van der Waals surface area contributed by atoms with Crippen LogP contribution in [0.25, 0.3) is 33.0 Å². The highest BCUT2D eigenvalue weighted by Crippen LogP contribution is 2.35. The van der Waals surface area contributed by atoms with E-state index in [0.29, 0.717) is 0 Å². The van der Waals surface area contributed by atoms with Crippen LogP contribution in [0.15, 0.2) is 48.6 Å². The van der Waals surface area contributed by atoms with E-state index >= 15 is 0 Å². The van der Waals surface area contributed by atoms with Crippen LogP contribution >= 0.6 is 0 Å². The number of nitrogens with one attached hydrogen (secondary N) is 1. The Morgan fingerprint density at radius 1 is 0.862 bits per heavy atom. The number of nitrogens with zero attached hydrogens (tertiary/aromatic N) is 1. The molecule has 3 N–H and O–H groups in total. The fourth-order valence-electron chi connectivity index (χ4n) is 4.98. The summed E-state index contributed by atoms with van der Waals surface area (Å²) in [6.45, 7) is 3.75. The topological polar surface area (TPSA) is 43.0 Å². The van der Waals surface area contributed by atoms with Crippen LogP contribution in [0, 0.1) is 0 Å². The zero-order valence-electron chi connectivity index (χ0n) is 17.2. The zero-order chi connectivity index (χ0) is 19.6. The summed E-state index contributed by atoms with van der Waals surface area (Å²) in [6.07, 6.45) is 12.0. The van der Waals surface area contributed by atoms with Gasteiger partial charge in [-0.15, -0.1) is 0 Å². The molecule has 5 rings (SSSR count). The summed E-state index contributed by atoms with van der Waals surface area (Å²) < 4.78 is 2.47. The van der Waals surface area contributed by atoms with E-state index in [1.807, 2.05) is 0 Å². The number of hydrogen-bond acceptors (Lipinski definition) is 2. The molecule has 2 heterocycles. The molecule has 2 aromatic carbocycles. The fourth-order valence-corrected chi connectivity index (χ4v) is 4.98. The minimum atomic E-state index is 0.726. The molecule has 0 radical (unpaired) electrons. The number of rotatable bonds is 5. The molecule has 3 heteroatoms. The summed E-state index contributed by atoms with van der Waals surface area (Å²) in [4.78, 5) is 0. The lowest BCUT2D eigenvalue weighted by molar-refractivity contribution is 0.687. The maximum atomic E-state index is 5.84. The van der Waals surface area contributed by atoms with Crippen LogP contribution in [0.2, 0.25) is 0 Å². The van der Waals surface area contributed by atoms with Gasteiger partial charge in [-0.05, 0) is 98.2 Å². The monoisotopic (exact) mass is 385 g/mol. The Balaban J connectivity index is 1.69. The van der Waals surface area contributed by atoms with Crippen molar-refractivity contribution in [2.24, 2.45) is 5.73 Å². The average molecular weight is 386 g/mol. The molecule has 0 spiro atoms. The highest BCUT2D eigenvalue weighted by atomic mass is 15.0. The van der Waals surface area contributed by atoms with Crippen molar-refractivity contribution in [2.45, 2.75) is 45.1 Å². The summed E-state index contributed by atoms with van der Waals surface area (Å²) in [5.74, 6) is 0. The Morgan fingerprint density at radius 2 is 1.59 bits per heavy atom. The summed E-state index contributed by atoms with van der Waals surface area (Å²) in [5, 5.41) is 6.19. The molecule has 1 aliphatic carbocycles. The molecule has 0 saturated heterocycles. The highest BCUT2D eigenvalue weighted by Gasteiger charge is 2.15. The van der Waals surface area contributed by atoms with Gasteiger partial charge in [-0.3, -0.25) is 0 Å². The Kier molecular flexibility index (Phi) is 5.26. The van der Waals surface area contributed by atoms with Crippen LogP contribution in [0.1, 0.15) is 49.7 Å². The molecule has 150 valence electrons. The second-order valence-electron chi connectivity index (χ2n) is 8.42. The zero-order valence-corrected chi connectivity index (χ0v) is 17.2. The Morgan fingerprint density at radius 3 is 2.17 bits per heavy atom. The van der Waals surface area contributed by atoms with E-state index in [1.165, 1.54) is 69.8 Å². The summed E-state index contributed by atoms with van der Waals surface area (Å²) in [7, 11) is 0. The van der Waals surface area contributed by atoms with Crippen LogP contribution in [-0.4, -0.2) is 24.2 Å². The lowest BCUT2D eigenvalue weighted by atomic mass is 9.92. The van der Waals surface area contributed by atoms with E-state index in [-0.39, 0.29) is 0 Å². The van der Waals surface area contributed by atoms with Gasteiger partial charge in [0.05, 0.1) is 0 Å². The van der Waals surface area contributed by atoms with Crippen molar-refractivity contribution in [2.75, 3.05) is 19.6 Å². The van der Waals surface area contributed by atoms with Crippen LogP contribution in [0.4, 0.5) is 0 Å². The van der Waals surface area contributed by atoms with Crippen molar-refractivity contribution in [3.63, 3.8) is 0 Å². The van der Waals surface area contributed by atoms with E-state index in [0.717, 1.165) is 39.0 Å². The molecule has 29 heavy (non-hydrogen) atoms. The molecule has 3 nitrogen and oxygen atoms in total. The molecular weight excluding hydrogens is 354 g/mol. The van der Waals surface area contributed by atoms with Crippen molar-refractivity contribution in [3.05, 3.63) is 59.7 Å². The molecule has 0 fully saturated rings. The first-order valence-electron chi connectivity index (χ1n) is 11.2. The van der Waals surface area contributed by atoms with Gasteiger partial charge < -0.3 is 15.6 Å². The van der Waals surface area contributed by atoms with Gasteiger partial charge in [0.1, 0.15) is 0 Å². The Hall–Kier alpha value is -2.36.